The number of imide groups is 2. The summed E-state index contributed by atoms with van der Waals surface area (Å²) in [5.74, 6) is -5.45. The highest BCUT2D eigenvalue weighted by atomic mass is 19.1. The lowest BCUT2D eigenvalue weighted by Crippen LogP contribution is -2.59. The molecule has 1 atom stereocenters. The van der Waals surface area contributed by atoms with Crippen molar-refractivity contribution < 1.29 is 28.7 Å². The van der Waals surface area contributed by atoms with E-state index < -0.39 is 35.5 Å². The Hall–Kier alpha value is -4.08. The average Bonchev–Trinajstić information content (AvgIpc) is 2.66. The minimum atomic E-state index is -1.57. The average molecular weight is 384 g/mol. The second kappa shape index (κ2) is 7.66. The minimum Gasteiger partial charge on any atom is -0.507 e. The standard InChI is InChI=1S/C18H13FN4O5/c19-12-6-2-3-7-13(12)23-17(27)11(15(25)21-18(23)28)9-20-22-16(26)10-5-1-4-8-14(10)24/h1-9,11,24H,(H,22,26)(H,21,25,28)/b20-9-/t11-/m1/s1. The molecule has 1 saturated heterocycles. The van der Waals surface area contributed by atoms with Crippen molar-refractivity contribution in [1.29, 1.82) is 0 Å². The summed E-state index contributed by atoms with van der Waals surface area (Å²) in [5, 5.41) is 15.1. The first-order valence-electron chi connectivity index (χ1n) is 7.95. The lowest BCUT2D eigenvalue weighted by atomic mass is 10.1. The molecule has 1 fully saturated rings. The van der Waals surface area contributed by atoms with Crippen LogP contribution in [0, 0.1) is 11.7 Å². The first-order valence-corrected chi connectivity index (χ1v) is 7.95. The van der Waals surface area contributed by atoms with Crippen molar-refractivity contribution in [3.05, 3.63) is 59.9 Å². The molecular formula is C18H13FN4O5. The zero-order chi connectivity index (χ0) is 20.3. The van der Waals surface area contributed by atoms with Gasteiger partial charge in [-0.15, -0.1) is 0 Å². The lowest BCUT2D eigenvalue weighted by Gasteiger charge is -2.28. The van der Waals surface area contributed by atoms with Crippen LogP contribution in [0.1, 0.15) is 10.4 Å². The molecule has 0 aromatic heterocycles. The van der Waals surface area contributed by atoms with Crippen LogP contribution >= 0.6 is 0 Å². The van der Waals surface area contributed by atoms with Crippen molar-refractivity contribution in [3.8, 4) is 5.75 Å². The number of carbonyl (C=O) groups excluding carboxylic acids is 4. The fraction of sp³-hybridized carbons (Fsp3) is 0.0556. The molecule has 2 aromatic rings. The van der Waals surface area contributed by atoms with E-state index in [-0.39, 0.29) is 17.0 Å². The van der Waals surface area contributed by atoms with Crippen molar-refractivity contribution in [2.75, 3.05) is 4.90 Å². The van der Waals surface area contributed by atoms with Gasteiger partial charge in [-0.3, -0.25) is 19.7 Å². The number of hydrazone groups is 1. The van der Waals surface area contributed by atoms with Crippen LogP contribution in [0.25, 0.3) is 0 Å². The third-order valence-corrected chi connectivity index (χ3v) is 3.83. The van der Waals surface area contributed by atoms with Crippen molar-refractivity contribution in [2.45, 2.75) is 0 Å². The summed E-state index contributed by atoms with van der Waals surface area (Å²) in [4.78, 5) is 48.9. The van der Waals surface area contributed by atoms with Gasteiger partial charge >= 0.3 is 6.03 Å². The summed E-state index contributed by atoms with van der Waals surface area (Å²) in [7, 11) is 0. The van der Waals surface area contributed by atoms with Gasteiger partial charge in [-0.25, -0.2) is 19.5 Å². The second-order valence-electron chi connectivity index (χ2n) is 5.63. The number of benzene rings is 2. The quantitative estimate of drug-likeness (QED) is 0.414. The third kappa shape index (κ3) is 3.56. The van der Waals surface area contributed by atoms with E-state index in [0.29, 0.717) is 4.90 Å². The van der Waals surface area contributed by atoms with E-state index in [2.05, 4.69) is 10.5 Å². The van der Waals surface area contributed by atoms with E-state index in [1.165, 1.54) is 42.5 Å². The van der Waals surface area contributed by atoms with E-state index in [1.807, 2.05) is 5.32 Å². The Bertz CT molecular complexity index is 1010. The molecule has 1 aliphatic heterocycles. The van der Waals surface area contributed by atoms with Crippen LogP contribution in [0.5, 0.6) is 5.75 Å². The molecule has 9 nitrogen and oxygen atoms in total. The summed E-state index contributed by atoms with van der Waals surface area (Å²) in [6.07, 6.45) is 0.815. The Morgan fingerprint density at radius 1 is 1.14 bits per heavy atom. The highest BCUT2D eigenvalue weighted by Gasteiger charge is 2.41. The molecule has 10 heteroatoms. The van der Waals surface area contributed by atoms with Gasteiger partial charge in [0, 0.05) is 6.21 Å². The Morgan fingerprint density at radius 2 is 1.82 bits per heavy atom. The van der Waals surface area contributed by atoms with Gasteiger partial charge in [-0.1, -0.05) is 24.3 Å². The molecule has 0 saturated carbocycles. The number of nitrogens with zero attached hydrogens (tertiary/aromatic N) is 2. The molecule has 2 aromatic carbocycles. The predicted octanol–water partition coefficient (Wildman–Crippen LogP) is 1.15. The molecule has 0 bridgehead atoms. The highest BCUT2D eigenvalue weighted by molar-refractivity contribution is 6.32. The van der Waals surface area contributed by atoms with Crippen LogP contribution in [0.4, 0.5) is 14.9 Å². The molecule has 1 aliphatic rings. The number of anilines is 1. The number of para-hydroxylation sites is 2. The monoisotopic (exact) mass is 384 g/mol. The van der Waals surface area contributed by atoms with E-state index in [9.17, 15) is 28.7 Å². The van der Waals surface area contributed by atoms with Crippen molar-refractivity contribution in [1.82, 2.24) is 10.7 Å². The first kappa shape index (κ1) is 18.7. The van der Waals surface area contributed by atoms with Gasteiger partial charge in [0.25, 0.3) is 11.8 Å². The van der Waals surface area contributed by atoms with Crippen LogP contribution in [0.15, 0.2) is 53.6 Å². The number of barbiturate groups is 1. The van der Waals surface area contributed by atoms with E-state index in [0.717, 1.165) is 12.3 Å². The number of urea groups is 1. The number of halogens is 1. The maximum atomic E-state index is 14.0. The Balaban J connectivity index is 1.78. The summed E-state index contributed by atoms with van der Waals surface area (Å²) < 4.78 is 14.0. The SMILES string of the molecule is O=C(N/N=C\[C@@H]1C(=O)NC(=O)N(c2ccccc2F)C1=O)c1ccccc1O. The number of phenolic OH excluding ortho intramolecular Hbond substituents is 1. The summed E-state index contributed by atoms with van der Waals surface area (Å²) in [6.45, 7) is 0. The van der Waals surface area contributed by atoms with Gasteiger partial charge in [0.1, 0.15) is 11.6 Å². The van der Waals surface area contributed by atoms with E-state index in [4.69, 9.17) is 0 Å². The number of carbonyl (C=O) groups is 4. The molecule has 28 heavy (non-hydrogen) atoms. The molecule has 0 unspecified atom stereocenters. The zero-order valence-electron chi connectivity index (χ0n) is 14.1. The molecule has 5 amide bonds. The number of rotatable bonds is 4. The topological polar surface area (TPSA) is 128 Å². The maximum Gasteiger partial charge on any atom is 0.335 e. The van der Waals surface area contributed by atoms with Gasteiger partial charge in [0.2, 0.25) is 5.91 Å². The molecular weight excluding hydrogens is 371 g/mol. The van der Waals surface area contributed by atoms with E-state index >= 15 is 0 Å². The zero-order valence-corrected chi connectivity index (χ0v) is 14.1. The fourth-order valence-electron chi connectivity index (χ4n) is 2.48. The van der Waals surface area contributed by atoms with Crippen LogP contribution in [-0.4, -0.2) is 35.1 Å². The normalized spacial score (nSPS) is 17.0. The van der Waals surface area contributed by atoms with Gasteiger partial charge in [0.15, 0.2) is 5.92 Å². The van der Waals surface area contributed by atoms with Crippen molar-refractivity contribution in [3.63, 3.8) is 0 Å². The number of hydrogen-bond donors (Lipinski definition) is 3. The fourth-order valence-corrected chi connectivity index (χ4v) is 2.48. The van der Waals surface area contributed by atoms with Gasteiger partial charge < -0.3 is 5.11 Å². The van der Waals surface area contributed by atoms with Gasteiger partial charge in [-0.2, -0.15) is 5.10 Å². The third-order valence-electron chi connectivity index (χ3n) is 3.83. The second-order valence-corrected chi connectivity index (χ2v) is 5.63. The lowest BCUT2D eigenvalue weighted by molar-refractivity contribution is -0.131. The summed E-state index contributed by atoms with van der Waals surface area (Å²) in [6, 6.07) is 9.66. The van der Waals surface area contributed by atoms with Crippen molar-refractivity contribution >= 4 is 35.7 Å². The molecule has 1 heterocycles. The van der Waals surface area contributed by atoms with Crippen LogP contribution in [0.2, 0.25) is 0 Å². The van der Waals surface area contributed by atoms with Crippen LogP contribution in [-0.2, 0) is 9.59 Å². The molecule has 0 aliphatic carbocycles. The number of phenols is 1. The number of nitrogens with one attached hydrogen (secondary N) is 2. The number of aromatic hydroxyl groups is 1. The predicted molar refractivity (Wildman–Crippen MR) is 95.0 cm³/mol. The molecule has 0 spiro atoms. The Morgan fingerprint density at radius 3 is 2.54 bits per heavy atom. The molecule has 142 valence electrons. The van der Waals surface area contributed by atoms with Crippen molar-refractivity contribution in [2.24, 2.45) is 11.0 Å². The van der Waals surface area contributed by atoms with Gasteiger partial charge in [-0.05, 0) is 24.3 Å². The van der Waals surface area contributed by atoms with E-state index in [1.54, 1.807) is 0 Å². The Labute approximate surface area is 157 Å². The maximum absolute atomic E-state index is 14.0. The highest BCUT2D eigenvalue weighted by Crippen LogP contribution is 2.23. The summed E-state index contributed by atoms with van der Waals surface area (Å²) in [5.41, 5.74) is 1.67. The largest absolute Gasteiger partial charge is 0.507 e. The smallest absolute Gasteiger partial charge is 0.335 e. The molecule has 0 radical (unpaired) electrons. The first-order chi connectivity index (χ1) is 13.4. The van der Waals surface area contributed by atoms with Crippen LogP contribution < -0.4 is 15.6 Å². The minimum absolute atomic E-state index is 0.0674. The van der Waals surface area contributed by atoms with Gasteiger partial charge in [0.05, 0.1) is 11.3 Å². The number of amides is 5. The molecule has 3 rings (SSSR count). The van der Waals surface area contributed by atoms with Crippen LogP contribution in [0.3, 0.4) is 0 Å². The summed E-state index contributed by atoms with van der Waals surface area (Å²) >= 11 is 0. The Kier molecular flexibility index (Phi) is 5.12. The molecule has 3 N–H and O–H groups in total. The number of hydrogen-bond acceptors (Lipinski definition) is 6.